The van der Waals surface area contributed by atoms with E-state index in [1.54, 1.807) is 12.1 Å². The number of nitrogens with zero attached hydrogens (tertiary/aromatic N) is 1. The maximum absolute atomic E-state index is 11.1. The van der Waals surface area contributed by atoms with Crippen LogP contribution in [0.2, 0.25) is 0 Å². The summed E-state index contributed by atoms with van der Waals surface area (Å²) in [4.78, 5) is 21.2. The van der Waals surface area contributed by atoms with E-state index in [0.717, 1.165) is 0 Å². The van der Waals surface area contributed by atoms with Gasteiger partial charge in [-0.15, -0.1) is 11.6 Å². The lowest BCUT2D eigenvalue weighted by Gasteiger charge is -2.07. The number of amides is 1. The number of hydrogen-bond donors (Lipinski definition) is 2. The van der Waals surface area contributed by atoms with E-state index in [1.807, 2.05) is 0 Å². The molecule has 0 unspecified atom stereocenters. The van der Waals surface area contributed by atoms with Crippen molar-refractivity contribution in [1.82, 2.24) is 5.43 Å². The number of nitro benzene ring substituents is 1. The summed E-state index contributed by atoms with van der Waals surface area (Å²) in [7, 11) is 0. The molecule has 0 atom stereocenters. The quantitative estimate of drug-likeness (QED) is 0.468. The van der Waals surface area contributed by atoms with Crippen molar-refractivity contribution in [3.8, 4) is 0 Å². The zero-order valence-electron chi connectivity index (χ0n) is 8.27. The van der Waals surface area contributed by atoms with Crippen LogP contribution < -0.4 is 10.9 Å². The highest BCUT2D eigenvalue weighted by Crippen LogP contribution is 2.21. The molecule has 2 N–H and O–H groups in total. The second kappa shape index (κ2) is 5.92. The van der Waals surface area contributed by atoms with Gasteiger partial charge in [-0.3, -0.25) is 25.8 Å². The number of carbonyl (C=O) groups is 1. The van der Waals surface area contributed by atoms with Crippen molar-refractivity contribution in [2.45, 2.75) is 6.42 Å². The Balaban J connectivity index is 2.66. The average molecular weight is 244 g/mol. The molecule has 1 amide bonds. The molecule has 1 rings (SSSR count). The first-order chi connectivity index (χ1) is 7.65. The molecule has 0 aromatic heterocycles. The predicted molar refractivity (Wildman–Crippen MR) is 60.2 cm³/mol. The first-order valence-electron chi connectivity index (χ1n) is 4.49. The number of hydrogen-bond acceptors (Lipinski definition) is 4. The van der Waals surface area contributed by atoms with Crippen molar-refractivity contribution >= 4 is 28.9 Å². The van der Waals surface area contributed by atoms with E-state index >= 15 is 0 Å². The van der Waals surface area contributed by atoms with Gasteiger partial charge in [-0.2, -0.15) is 0 Å². The van der Waals surface area contributed by atoms with Crippen LogP contribution in [0.4, 0.5) is 11.4 Å². The van der Waals surface area contributed by atoms with Gasteiger partial charge in [-0.05, 0) is 6.07 Å². The largest absolute Gasteiger partial charge is 0.294 e. The van der Waals surface area contributed by atoms with Gasteiger partial charge in [0.05, 0.1) is 4.92 Å². The molecule has 0 heterocycles. The number of para-hydroxylation sites is 2. The van der Waals surface area contributed by atoms with E-state index in [4.69, 9.17) is 11.6 Å². The van der Waals surface area contributed by atoms with Crippen LogP contribution >= 0.6 is 11.6 Å². The van der Waals surface area contributed by atoms with Gasteiger partial charge in [-0.1, -0.05) is 12.1 Å². The van der Waals surface area contributed by atoms with Crippen LogP contribution in [0.15, 0.2) is 24.3 Å². The van der Waals surface area contributed by atoms with Gasteiger partial charge in [0.25, 0.3) is 5.69 Å². The van der Waals surface area contributed by atoms with E-state index in [-0.39, 0.29) is 29.6 Å². The molecule has 0 fully saturated rings. The van der Waals surface area contributed by atoms with Crippen molar-refractivity contribution in [1.29, 1.82) is 0 Å². The molecule has 0 saturated carbocycles. The first-order valence-corrected chi connectivity index (χ1v) is 5.03. The Hall–Kier alpha value is -1.82. The smallest absolute Gasteiger partial charge is 0.292 e. The second-order valence-corrected chi connectivity index (χ2v) is 3.26. The van der Waals surface area contributed by atoms with E-state index in [0.29, 0.717) is 0 Å². The van der Waals surface area contributed by atoms with Crippen LogP contribution in [-0.4, -0.2) is 16.7 Å². The second-order valence-electron chi connectivity index (χ2n) is 2.89. The third-order valence-corrected chi connectivity index (χ3v) is 1.95. The van der Waals surface area contributed by atoms with E-state index < -0.39 is 4.92 Å². The lowest BCUT2D eigenvalue weighted by Crippen LogP contribution is -2.29. The van der Waals surface area contributed by atoms with Crippen LogP contribution in [0.5, 0.6) is 0 Å². The molecule has 0 aliphatic heterocycles. The zero-order valence-corrected chi connectivity index (χ0v) is 9.03. The van der Waals surface area contributed by atoms with Gasteiger partial charge >= 0.3 is 0 Å². The summed E-state index contributed by atoms with van der Waals surface area (Å²) in [6.07, 6.45) is 0.148. The molecule has 0 radical (unpaired) electrons. The van der Waals surface area contributed by atoms with Crippen LogP contribution in [0.25, 0.3) is 0 Å². The maximum Gasteiger partial charge on any atom is 0.294 e. The standard InChI is InChI=1S/C9H10ClN3O3/c10-6-5-9(14)12-11-7-3-1-2-4-8(7)13(15)16/h1-4,11H,5-6H2,(H,12,14). The molecular formula is C9H10ClN3O3. The summed E-state index contributed by atoms with van der Waals surface area (Å²) in [6, 6.07) is 6.02. The summed E-state index contributed by atoms with van der Waals surface area (Å²) in [5.74, 6) is -0.127. The van der Waals surface area contributed by atoms with Crippen molar-refractivity contribution < 1.29 is 9.72 Å². The molecular weight excluding hydrogens is 234 g/mol. The van der Waals surface area contributed by atoms with Crippen LogP contribution in [0.3, 0.4) is 0 Å². The summed E-state index contributed by atoms with van der Waals surface area (Å²) < 4.78 is 0. The van der Waals surface area contributed by atoms with Gasteiger partial charge in [0.2, 0.25) is 5.91 Å². The topological polar surface area (TPSA) is 84.3 Å². The van der Waals surface area contributed by atoms with Gasteiger partial charge < -0.3 is 0 Å². The summed E-state index contributed by atoms with van der Waals surface area (Å²) in [6.45, 7) is 0. The zero-order chi connectivity index (χ0) is 12.0. The summed E-state index contributed by atoms with van der Waals surface area (Å²) in [5, 5.41) is 10.6. The number of alkyl halides is 1. The molecule has 86 valence electrons. The Bertz CT molecular complexity index is 397. The number of benzene rings is 1. The SMILES string of the molecule is O=C(CCCl)NNc1ccccc1[N+](=O)[O-]. The van der Waals surface area contributed by atoms with Crippen LogP contribution in [0.1, 0.15) is 6.42 Å². The maximum atomic E-state index is 11.1. The van der Waals surface area contributed by atoms with Gasteiger partial charge in [0, 0.05) is 18.4 Å². The minimum atomic E-state index is -0.532. The van der Waals surface area contributed by atoms with Crippen LogP contribution in [-0.2, 0) is 4.79 Å². The van der Waals surface area contributed by atoms with Gasteiger partial charge in [-0.25, -0.2) is 0 Å². The van der Waals surface area contributed by atoms with Crippen molar-refractivity contribution in [3.05, 3.63) is 34.4 Å². The average Bonchev–Trinajstić information content (AvgIpc) is 2.27. The number of rotatable bonds is 5. The fourth-order valence-corrected chi connectivity index (χ4v) is 1.20. The molecule has 7 heteroatoms. The Morgan fingerprint density at radius 2 is 2.12 bits per heavy atom. The number of anilines is 1. The number of nitro groups is 1. The summed E-state index contributed by atoms with van der Waals surface area (Å²) in [5.41, 5.74) is 4.93. The number of nitrogens with one attached hydrogen (secondary N) is 2. The first kappa shape index (κ1) is 12.3. The normalized spacial score (nSPS) is 9.56. The molecule has 0 spiro atoms. The monoisotopic (exact) mass is 243 g/mol. The van der Waals surface area contributed by atoms with Crippen molar-refractivity contribution in [2.75, 3.05) is 11.3 Å². The van der Waals surface area contributed by atoms with Crippen LogP contribution in [0, 0.1) is 10.1 Å². The van der Waals surface area contributed by atoms with E-state index in [9.17, 15) is 14.9 Å². The lowest BCUT2D eigenvalue weighted by atomic mass is 10.3. The Kier molecular flexibility index (Phi) is 4.53. The highest BCUT2D eigenvalue weighted by atomic mass is 35.5. The number of hydrazine groups is 1. The molecule has 0 bridgehead atoms. The molecule has 6 nitrogen and oxygen atoms in total. The molecule has 0 saturated heterocycles. The molecule has 1 aromatic rings. The molecule has 0 aliphatic rings. The minimum Gasteiger partial charge on any atom is -0.292 e. The van der Waals surface area contributed by atoms with Gasteiger partial charge in [0.1, 0.15) is 5.69 Å². The minimum absolute atomic E-state index is 0.103. The Morgan fingerprint density at radius 3 is 2.75 bits per heavy atom. The molecule has 0 aliphatic carbocycles. The third-order valence-electron chi connectivity index (χ3n) is 1.76. The van der Waals surface area contributed by atoms with E-state index in [2.05, 4.69) is 10.9 Å². The summed E-state index contributed by atoms with van der Waals surface area (Å²) >= 11 is 5.36. The fourth-order valence-electron chi connectivity index (χ4n) is 1.02. The predicted octanol–water partition coefficient (Wildman–Crippen LogP) is 1.67. The van der Waals surface area contributed by atoms with Crippen molar-refractivity contribution in [2.24, 2.45) is 0 Å². The number of halogens is 1. The fraction of sp³-hybridized carbons (Fsp3) is 0.222. The highest BCUT2D eigenvalue weighted by molar-refractivity contribution is 6.18. The number of carbonyl (C=O) groups excluding carboxylic acids is 1. The Labute approximate surface area is 96.7 Å². The van der Waals surface area contributed by atoms with Crippen molar-refractivity contribution in [3.63, 3.8) is 0 Å². The van der Waals surface area contributed by atoms with Gasteiger partial charge in [0.15, 0.2) is 0 Å². The molecule has 16 heavy (non-hydrogen) atoms. The Morgan fingerprint density at radius 1 is 1.44 bits per heavy atom. The highest BCUT2D eigenvalue weighted by Gasteiger charge is 2.12. The molecule has 1 aromatic carbocycles. The third kappa shape index (κ3) is 3.39. The van der Waals surface area contributed by atoms with E-state index in [1.165, 1.54) is 12.1 Å². The lowest BCUT2D eigenvalue weighted by molar-refractivity contribution is -0.384.